The third-order valence-electron chi connectivity index (χ3n) is 8.16. The van der Waals surface area contributed by atoms with Gasteiger partial charge < -0.3 is 19.0 Å². The van der Waals surface area contributed by atoms with Crippen molar-refractivity contribution in [2.45, 2.75) is 57.9 Å². The Morgan fingerprint density at radius 2 is 1.74 bits per heavy atom. The Hall–Kier alpha value is -4.00. The zero-order chi connectivity index (χ0) is 32.7. The quantitative estimate of drug-likeness (QED) is 0.201. The number of benzene rings is 2. The first-order valence-electron chi connectivity index (χ1n) is 16.1. The van der Waals surface area contributed by atoms with Gasteiger partial charge in [0.1, 0.15) is 23.7 Å². The molecular weight excluding hydrogens is 606 g/mol. The van der Waals surface area contributed by atoms with Crippen LogP contribution in [0, 0.1) is 0 Å². The molecule has 0 unspecified atom stereocenters. The van der Waals surface area contributed by atoms with Gasteiger partial charge in [0.25, 0.3) is 5.56 Å². The lowest BCUT2D eigenvalue weighted by Crippen LogP contribution is -2.49. The highest BCUT2D eigenvalue weighted by molar-refractivity contribution is 7.89. The third kappa shape index (κ3) is 7.51. The summed E-state index contributed by atoms with van der Waals surface area (Å²) in [5.74, 6) is 0.453. The van der Waals surface area contributed by atoms with Crippen molar-refractivity contribution >= 4 is 27.0 Å². The van der Waals surface area contributed by atoms with Crippen LogP contribution in [0.2, 0.25) is 0 Å². The van der Waals surface area contributed by atoms with E-state index in [1.54, 1.807) is 18.2 Å². The number of fused-ring (bicyclic) bond motifs is 1. The molecule has 2 aromatic carbocycles. The van der Waals surface area contributed by atoms with Crippen molar-refractivity contribution in [3.05, 3.63) is 76.2 Å². The summed E-state index contributed by atoms with van der Waals surface area (Å²) in [6, 6.07) is 14.2. The molecule has 3 heterocycles. The van der Waals surface area contributed by atoms with Crippen LogP contribution < -0.4 is 10.3 Å². The van der Waals surface area contributed by atoms with Gasteiger partial charge in [0, 0.05) is 45.5 Å². The van der Waals surface area contributed by atoms with E-state index < -0.39 is 10.0 Å². The summed E-state index contributed by atoms with van der Waals surface area (Å²) in [4.78, 5) is 35.5. The molecule has 12 heteroatoms. The van der Waals surface area contributed by atoms with Crippen LogP contribution in [0.5, 0.6) is 5.75 Å². The van der Waals surface area contributed by atoms with Crippen molar-refractivity contribution in [2.24, 2.45) is 0 Å². The fourth-order valence-corrected chi connectivity index (χ4v) is 7.19. The molecule has 0 saturated carbocycles. The van der Waals surface area contributed by atoms with Crippen molar-refractivity contribution in [3.63, 3.8) is 0 Å². The molecule has 1 saturated heterocycles. The van der Waals surface area contributed by atoms with Crippen molar-refractivity contribution in [2.75, 3.05) is 45.9 Å². The molecule has 0 bridgehead atoms. The lowest BCUT2D eigenvalue weighted by Gasteiger charge is -2.33. The Labute approximate surface area is 270 Å². The Bertz CT molecular complexity index is 1810. The van der Waals surface area contributed by atoms with Crippen molar-refractivity contribution in [1.29, 1.82) is 0 Å². The molecule has 1 aliphatic heterocycles. The number of carbonyl (C=O) groups is 1. The second-order valence-electron chi connectivity index (χ2n) is 11.4. The fourth-order valence-electron chi connectivity index (χ4n) is 5.74. The molecule has 1 fully saturated rings. The van der Waals surface area contributed by atoms with E-state index in [1.807, 2.05) is 54.9 Å². The van der Waals surface area contributed by atoms with Crippen LogP contribution in [-0.4, -0.2) is 84.1 Å². The van der Waals surface area contributed by atoms with Gasteiger partial charge in [-0.15, -0.1) is 0 Å². The zero-order valence-electron chi connectivity index (χ0n) is 26.8. The van der Waals surface area contributed by atoms with Crippen LogP contribution in [0.3, 0.4) is 0 Å². The van der Waals surface area contributed by atoms with E-state index >= 15 is 0 Å². The molecule has 1 N–H and O–H groups in total. The molecule has 5 rings (SSSR count). The molecule has 4 aromatic rings. The molecule has 46 heavy (non-hydrogen) atoms. The number of rotatable bonds is 14. The Morgan fingerprint density at radius 1 is 0.978 bits per heavy atom. The lowest BCUT2D eigenvalue weighted by atomic mass is 10.1. The van der Waals surface area contributed by atoms with Crippen LogP contribution in [-0.2, 0) is 38.9 Å². The van der Waals surface area contributed by atoms with E-state index in [0.717, 1.165) is 30.4 Å². The molecule has 0 spiro atoms. The monoisotopic (exact) mass is 649 g/mol. The number of nitrogens with zero attached hydrogens (tertiary/aromatic N) is 4. The Balaban J connectivity index is 1.31. The smallest absolute Gasteiger partial charge is 0.310 e. The second kappa shape index (κ2) is 15.1. The van der Waals surface area contributed by atoms with Crippen molar-refractivity contribution < 1.29 is 22.7 Å². The molecule has 0 atom stereocenters. The number of sulfonamides is 1. The Kier molecular flexibility index (Phi) is 10.9. The lowest BCUT2D eigenvalue weighted by molar-refractivity contribution is -0.143. The van der Waals surface area contributed by atoms with Crippen LogP contribution in [0.25, 0.3) is 22.4 Å². The molecule has 0 amide bonds. The number of H-pyrrole nitrogens is 1. The maximum atomic E-state index is 13.8. The number of hydrogen-bond acceptors (Lipinski definition) is 8. The normalized spacial score (nSPS) is 14.5. The van der Waals surface area contributed by atoms with E-state index in [1.165, 1.54) is 4.31 Å². The summed E-state index contributed by atoms with van der Waals surface area (Å²) in [6.07, 6.45) is 4.63. The second-order valence-corrected chi connectivity index (χ2v) is 13.4. The minimum absolute atomic E-state index is 0.109. The highest BCUT2D eigenvalue weighted by Crippen LogP contribution is 2.33. The van der Waals surface area contributed by atoms with Gasteiger partial charge in [-0.25, -0.2) is 13.4 Å². The molecule has 11 nitrogen and oxygen atoms in total. The maximum absolute atomic E-state index is 13.8. The molecule has 0 aliphatic carbocycles. The summed E-state index contributed by atoms with van der Waals surface area (Å²) >= 11 is 0. The minimum atomic E-state index is -3.85. The van der Waals surface area contributed by atoms with Gasteiger partial charge in [-0.05, 0) is 49.1 Å². The van der Waals surface area contributed by atoms with E-state index in [4.69, 9.17) is 14.5 Å². The van der Waals surface area contributed by atoms with E-state index in [-0.39, 0.29) is 35.3 Å². The first-order valence-corrected chi connectivity index (χ1v) is 17.5. The molecule has 0 radical (unpaired) electrons. The Morgan fingerprint density at radius 3 is 2.43 bits per heavy atom. The number of esters is 1. The molecule has 246 valence electrons. The average molecular weight is 650 g/mol. The number of piperazine rings is 1. The van der Waals surface area contributed by atoms with Crippen LogP contribution in [0.15, 0.2) is 64.4 Å². The van der Waals surface area contributed by atoms with E-state index in [9.17, 15) is 18.0 Å². The number of aromatic amines is 1. The SMILES string of the molecule is CCCOc1ccc(S(=O)(=O)N2CCN(CCOC(=O)Cc3ccccc3)CC2)cc1-c1nc2c(CCC)cn(CC)c2c(=O)[nH]1. The van der Waals surface area contributed by atoms with Gasteiger partial charge in [-0.1, -0.05) is 50.6 Å². The first-order chi connectivity index (χ1) is 22.2. The number of hydrogen-bond donors (Lipinski definition) is 1. The topological polar surface area (TPSA) is 127 Å². The van der Waals surface area contributed by atoms with Gasteiger partial charge >= 0.3 is 5.97 Å². The van der Waals surface area contributed by atoms with Gasteiger partial charge in [0.15, 0.2) is 0 Å². The number of nitrogens with one attached hydrogen (secondary N) is 1. The predicted octanol–water partition coefficient (Wildman–Crippen LogP) is 4.25. The predicted molar refractivity (Wildman–Crippen MR) is 178 cm³/mol. The number of aromatic nitrogens is 3. The van der Waals surface area contributed by atoms with Gasteiger partial charge in [0.2, 0.25) is 10.0 Å². The largest absolute Gasteiger partial charge is 0.493 e. The van der Waals surface area contributed by atoms with Crippen LogP contribution >= 0.6 is 0 Å². The first kappa shape index (κ1) is 33.4. The summed E-state index contributed by atoms with van der Waals surface area (Å²) in [5, 5.41) is 0. The summed E-state index contributed by atoms with van der Waals surface area (Å²) < 4.78 is 42.5. The zero-order valence-corrected chi connectivity index (χ0v) is 27.6. The fraction of sp³-hybridized carbons (Fsp3) is 0.441. The van der Waals surface area contributed by atoms with Crippen molar-refractivity contribution in [3.8, 4) is 17.1 Å². The third-order valence-corrected chi connectivity index (χ3v) is 10.1. The number of carbonyl (C=O) groups excluding carboxylic acids is 1. The molecular formula is C34H43N5O6S. The maximum Gasteiger partial charge on any atom is 0.310 e. The van der Waals surface area contributed by atoms with Crippen molar-refractivity contribution in [1.82, 2.24) is 23.7 Å². The van der Waals surface area contributed by atoms with E-state index in [2.05, 4.69) is 16.8 Å². The van der Waals surface area contributed by atoms with Crippen LogP contribution in [0.4, 0.5) is 0 Å². The van der Waals surface area contributed by atoms with Gasteiger partial charge in [-0.2, -0.15) is 4.31 Å². The highest BCUT2D eigenvalue weighted by Gasteiger charge is 2.30. The number of ether oxygens (including phenoxy) is 2. The highest BCUT2D eigenvalue weighted by atomic mass is 32.2. The summed E-state index contributed by atoms with van der Waals surface area (Å²) in [5.41, 5.74) is 3.17. The van der Waals surface area contributed by atoms with Gasteiger partial charge in [-0.3, -0.25) is 14.5 Å². The summed E-state index contributed by atoms with van der Waals surface area (Å²) in [7, 11) is -3.85. The summed E-state index contributed by atoms with van der Waals surface area (Å²) in [6.45, 7) is 9.53. The number of aryl methyl sites for hydroxylation is 2. The minimum Gasteiger partial charge on any atom is -0.493 e. The van der Waals surface area contributed by atoms with Crippen LogP contribution in [0.1, 0.15) is 44.7 Å². The molecule has 1 aliphatic rings. The van der Waals surface area contributed by atoms with Gasteiger partial charge in [0.05, 0.1) is 29.0 Å². The molecule has 2 aromatic heterocycles. The van der Waals surface area contributed by atoms with E-state index in [0.29, 0.717) is 68.2 Å². The average Bonchev–Trinajstić information content (AvgIpc) is 3.42. The standard InChI is InChI=1S/C34H43N5O6S/c1-4-10-26-24-38(6-3)32-31(26)35-33(36-34(32)41)28-23-27(13-14-29(28)44-20-5-2)46(42,43)39-17-15-37(16-18-39)19-21-45-30(40)22-25-11-8-7-9-12-25/h7-9,11-14,23-24H,4-6,10,15-22H2,1-3H3,(H,35,36,41).